The zero-order valence-corrected chi connectivity index (χ0v) is 14.4. The molecule has 7 nitrogen and oxygen atoms in total. The Bertz CT molecular complexity index is 1200. The van der Waals surface area contributed by atoms with Crippen LogP contribution >= 0.6 is 0 Å². The van der Waals surface area contributed by atoms with Gasteiger partial charge < -0.3 is 14.9 Å². The van der Waals surface area contributed by atoms with E-state index < -0.39 is 0 Å². The van der Waals surface area contributed by atoms with Gasteiger partial charge >= 0.3 is 5.69 Å². The highest BCUT2D eigenvalue weighted by Crippen LogP contribution is 2.12. The fraction of sp³-hybridized carbons (Fsp3) is 0.211. The molecular formula is C19H19N5O2. The average molecular weight is 349 g/mol. The van der Waals surface area contributed by atoms with Crippen LogP contribution in [-0.2, 0) is 13.1 Å². The first kappa shape index (κ1) is 16.1. The van der Waals surface area contributed by atoms with E-state index in [0.717, 1.165) is 22.1 Å². The summed E-state index contributed by atoms with van der Waals surface area (Å²) >= 11 is 0. The minimum absolute atomic E-state index is 0.155. The number of rotatable bonds is 5. The molecule has 0 aliphatic rings. The lowest BCUT2D eigenvalue weighted by molar-refractivity contribution is 0.713. The molecule has 0 spiro atoms. The number of aromatic nitrogens is 4. The van der Waals surface area contributed by atoms with Crippen LogP contribution in [0, 0.1) is 0 Å². The van der Waals surface area contributed by atoms with Gasteiger partial charge in [-0.3, -0.25) is 9.36 Å². The van der Waals surface area contributed by atoms with Gasteiger partial charge in [-0.1, -0.05) is 24.3 Å². The first-order chi connectivity index (χ1) is 12.7. The van der Waals surface area contributed by atoms with E-state index in [9.17, 15) is 9.59 Å². The monoisotopic (exact) mass is 349 g/mol. The van der Waals surface area contributed by atoms with Crippen LogP contribution in [0.4, 0.5) is 5.82 Å². The number of aryl methyl sites for hydroxylation is 1. The molecule has 0 aliphatic carbocycles. The SMILES string of the molecule is CCn1c(=O)c(NCCn2c(=O)[nH]c3ccccc32)nc2ccccc21. The highest BCUT2D eigenvalue weighted by Gasteiger charge is 2.10. The van der Waals surface area contributed by atoms with Gasteiger partial charge in [0.2, 0.25) is 0 Å². The van der Waals surface area contributed by atoms with Crippen LogP contribution in [0.5, 0.6) is 0 Å². The van der Waals surface area contributed by atoms with Crippen molar-refractivity contribution in [3.63, 3.8) is 0 Å². The number of H-pyrrole nitrogens is 1. The fourth-order valence-electron chi connectivity index (χ4n) is 3.24. The van der Waals surface area contributed by atoms with E-state index in [1.165, 1.54) is 0 Å². The van der Waals surface area contributed by atoms with E-state index in [-0.39, 0.29) is 11.2 Å². The topological polar surface area (TPSA) is 84.7 Å². The number of anilines is 1. The molecule has 2 N–H and O–H groups in total. The third-order valence-corrected chi connectivity index (χ3v) is 4.48. The Labute approximate surface area is 148 Å². The van der Waals surface area contributed by atoms with Crippen LogP contribution in [0.25, 0.3) is 22.1 Å². The number of hydrogen-bond donors (Lipinski definition) is 2. The minimum Gasteiger partial charge on any atom is -0.364 e. The summed E-state index contributed by atoms with van der Waals surface area (Å²) in [5, 5.41) is 3.09. The maximum Gasteiger partial charge on any atom is 0.326 e. The Morgan fingerprint density at radius 1 is 1.00 bits per heavy atom. The molecule has 2 aromatic carbocycles. The number of nitrogens with zero attached hydrogens (tertiary/aromatic N) is 3. The van der Waals surface area contributed by atoms with Crippen molar-refractivity contribution in [2.75, 3.05) is 11.9 Å². The van der Waals surface area contributed by atoms with E-state index in [1.54, 1.807) is 9.13 Å². The predicted octanol–water partition coefficient (Wildman–Crippen LogP) is 2.17. The highest BCUT2D eigenvalue weighted by atomic mass is 16.1. The molecule has 0 unspecified atom stereocenters. The summed E-state index contributed by atoms with van der Waals surface area (Å²) in [7, 11) is 0. The molecule has 2 heterocycles. The van der Waals surface area contributed by atoms with Crippen LogP contribution in [0.3, 0.4) is 0 Å². The molecule has 4 aromatic rings. The quantitative estimate of drug-likeness (QED) is 0.578. The first-order valence-corrected chi connectivity index (χ1v) is 8.60. The molecule has 132 valence electrons. The van der Waals surface area contributed by atoms with E-state index >= 15 is 0 Å². The molecule has 26 heavy (non-hydrogen) atoms. The van der Waals surface area contributed by atoms with Gasteiger partial charge in [-0.2, -0.15) is 0 Å². The van der Waals surface area contributed by atoms with Gasteiger partial charge in [0, 0.05) is 19.6 Å². The van der Waals surface area contributed by atoms with Crippen LogP contribution in [-0.4, -0.2) is 25.6 Å². The number of aromatic amines is 1. The van der Waals surface area contributed by atoms with Crippen molar-refractivity contribution in [2.24, 2.45) is 0 Å². The third-order valence-electron chi connectivity index (χ3n) is 4.48. The summed E-state index contributed by atoms with van der Waals surface area (Å²) < 4.78 is 3.35. The lowest BCUT2D eigenvalue weighted by Crippen LogP contribution is -2.27. The largest absolute Gasteiger partial charge is 0.364 e. The zero-order valence-electron chi connectivity index (χ0n) is 14.4. The lowest BCUT2D eigenvalue weighted by Gasteiger charge is -2.11. The Kier molecular flexibility index (Phi) is 4.04. The number of para-hydroxylation sites is 4. The second-order valence-corrected chi connectivity index (χ2v) is 6.02. The molecule has 0 fully saturated rings. The number of benzene rings is 2. The van der Waals surface area contributed by atoms with Gasteiger partial charge in [0.05, 0.1) is 22.1 Å². The van der Waals surface area contributed by atoms with Gasteiger partial charge in [0.15, 0.2) is 5.82 Å². The van der Waals surface area contributed by atoms with E-state index in [2.05, 4.69) is 15.3 Å². The van der Waals surface area contributed by atoms with Crippen molar-refractivity contribution in [2.45, 2.75) is 20.0 Å². The molecule has 0 aliphatic heterocycles. The van der Waals surface area contributed by atoms with Crippen molar-refractivity contribution in [3.8, 4) is 0 Å². The summed E-state index contributed by atoms with van der Waals surface area (Å²) in [5.41, 5.74) is 2.91. The Morgan fingerprint density at radius 3 is 2.54 bits per heavy atom. The van der Waals surface area contributed by atoms with Gasteiger partial charge in [-0.15, -0.1) is 0 Å². The second-order valence-electron chi connectivity index (χ2n) is 6.02. The predicted molar refractivity (Wildman–Crippen MR) is 103 cm³/mol. The number of hydrogen-bond acceptors (Lipinski definition) is 4. The van der Waals surface area contributed by atoms with E-state index in [0.29, 0.717) is 25.5 Å². The second kappa shape index (κ2) is 6.51. The summed E-state index contributed by atoms with van der Waals surface area (Å²) in [6, 6.07) is 15.1. The molecular weight excluding hydrogens is 330 g/mol. The van der Waals surface area contributed by atoms with Crippen LogP contribution in [0.15, 0.2) is 58.1 Å². The molecule has 0 radical (unpaired) electrons. The Hall–Kier alpha value is -3.35. The normalized spacial score (nSPS) is 11.3. The summed E-state index contributed by atoms with van der Waals surface area (Å²) in [5.74, 6) is 0.304. The van der Waals surface area contributed by atoms with Crippen molar-refractivity contribution < 1.29 is 0 Å². The lowest BCUT2D eigenvalue weighted by atomic mass is 10.3. The van der Waals surface area contributed by atoms with Crippen molar-refractivity contribution in [1.82, 2.24) is 19.1 Å². The van der Waals surface area contributed by atoms with Gasteiger partial charge in [-0.25, -0.2) is 9.78 Å². The molecule has 0 bridgehead atoms. The Balaban J connectivity index is 1.62. The molecule has 4 rings (SSSR count). The first-order valence-electron chi connectivity index (χ1n) is 8.60. The van der Waals surface area contributed by atoms with Crippen LogP contribution in [0.1, 0.15) is 6.92 Å². The molecule has 7 heteroatoms. The van der Waals surface area contributed by atoms with Crippen molar-refractivity contribution >= 4 is 27.9 Å². The average Bonchev–Trinajstić information content (AvgIpc) is 2.98. The summed E-state index contributed by atoms with van der Waals surface area (Å²) in [4.78, 5) is 32.0. The fourth-order valence-corrected chi connectivity index (χ4v) is 3.24. The van der Waals surface area contributed by atoms with Gasteiger partial charge in [-0.05, 0) is 31.2 Å². The number of imidazole rings is 1. The summed E-state index contributed by atoms with van der Waals surface area (Å²) in [6.45, 7) is 3.36. The standard InChI is InChI=1S/C19H19N5O2/c1-2-23-15-9-5-3-7-13(15)21-17(18(23)25)20-11-12-24-16-10-6-4-8-14(16)22-19(24)26/h3-10H,2,11-12H2,1H3,(H,20,21)(H,22,26). The molecule has 0 atom stereocenters. The number of nitrogens with one attached hydrogen (secondary N) is 2. The minimum atomic E-state index is -0.162. The van der Waals surface area contributed by atoms with Crippen molar-refractivity contribution in [3.05, 3.63) is 69.4 Å². The van der Waals surface area contributed by atoms with E-state index in [1.807, 2.05) is 55.5 Å². The molecule has 0 amide bonds. The van der Waals surface area contributed by atoms with Crippen molar-refractivity contribution in [1.29, 1.82) is 0 Å². The number of fused-ring (bicyclic) bond motifs is 2. The smallest absolute Gasteiger partial charge is 0.326 e. The van der Waals surface area contributed by atoms with Crippen LogP contribution < -0.4 is 16.6 Å². The van der Waals surface area contributed by atoms with E-state index in [4.69, 9.17) is 0 Å². The van der Waals surface area contributed by atoms with Gasteiger partial charge in [0.1, 0.15) is 0 Å². The maximum atomic E-state index is 12.6. The zero-order chi connectivity index (χ0) is 18.1. The molecule has 0 saturated carbocycles. The molecule has 2 aromatic heterocycles. The van der Waals surface area contributed by atoms with Crippen LogP contribution in [0.2, 0.25) is 0 Å². The van der Waals surface area contributed by atoms with Gasteiger partial charge in [0.25, 0.3) is 5.56 Å². The summed E-state index contributed by atoms with van der Waals surface area (Å²) in [6.07, 6.45) is 0. The highest BCUT2D eigenvalue weighted by molar-refractivity contribution is 5.76. The Morgan fingerprint density at radius 2 is 1.73 bits per heavy atom. The third kappa shape index (κ3) is 2.67. The molecule has 0 saturated heterocycles. The maximum absolute atomic E-state index is 12.6.